The van der Waals surface area contributed by atoms with Crippen molar-refractivity contribution in [3.63, 3.8) is 0 Å². The molecular weight excluding hydrogens is 426 g/mol. The molecule has 2 heterocycles. The average Bonchev–Trinajstić information content (AvgIpc) is 2.87. The summed E-state index contributed by atoms with van der Waals surface area (Å²) in [6.45, 7) is 6.64. The highest BCUT2D eigenvalue weighted by Crippen LogP contribution is 2.25. The van der Waals surface area contributed by atoms with Crippen molar-refractivity contribution in [2.45, 2.75) is 52.0 Å². The van der Waals surface area contributed by atoms with Gasteiger partial charge in [-0.1, -0.05) is 35.4 Å². The number of nitrogens with one attached hydrogen (secondary N) is 1. The Balaban J connectivity index is 1.46. The normalized spacial score (nSPS) is 17.8. The van der Waals surface area contributed by atoms with Crippen molar-refractivity contribution in [1.82, 2.24) is 15.1 Å². The van der Waals surface area contributed by atoms with Gasteiger partial charge in [0.15, 0.2) is 0 Å². The minimum Gasteiger partial charge on any atom is -0.341 e. The molecule has 2 aliphatic heterocycles. The standard InChI is InChI=1S/C28H35N3O3/c1-20-9-11-23(12-10-20)26(32)29-25(28(34)30-15-4-3-5-16-30)22-13-17-31(18-14-22)27(33)24-8-6-7-21(2)19-24/h6-12,19,22,25H,3-5,13-18H2,1-2H3,(H,29,32)/t25-/m0/s1. The van der Waals surface area contributed by atoms with E-state index < -0.39 is 6.04 Å². The van der Waals surface area contributed by atoms with Gasteiger partial charge in [-0.15, -0.1) is 0 Å². The summed E-state index contributed by atoms with van der Waals surface area (Å²) in [6.07, 6.45) is 4.54. The van der Waals surface area contributed by atoms with E-state index in [1.165, 1.54) is 0 Å². The lowest BCUT2D eigenvalue weighted by Gasteiger charge is -2.38. The molecular formula is C28H35N3O3. The second kappa shape index (κ2) is 10.9. The Bertz CT molecular complexity index is 1020. The molecule has 2 aliphatic rings. The number of amides is 3. The van der Waals surface area contributed by atoms with Gasteiger partial charge in [-0.3, -0.25) is 14.4 Å². The zero-order valence-electron chi connectivity index (χ0n) is 20.3. The van der Waals surface area contributed by atoms with Crippen molar-refractivity contribution < 1.29 is 14.4 Å². The van der Waals surface area contributed by atoms with Gasteiger partial charge in [0, 0.05) is 37.3 Å². The first-order valence-corrected chi connectivity index (χ1v) is 12.4. The lowest BCUT2D eigenvalue weighted by molar-refractivity contribution is -0.136. The fourth-order valence-corrected chi connectivity index (χ4v) is 5.02. The molecule has 1 atom stereocenters. The Morgan fingerprint density at radius 1 is 0.794 bits per heavy atom. The lowest BCUT2D eigenvalue weighted by atomic mass is 9.87. The number of benzene rings is 2. The van der Waals surface area contributed by atoms with E-state index in [1.54, 1.807) is 12.1 Å². The van der Waals surface area contributed by atoms with Crippen LogP contribution in [0.5, 0.6) is 0 Å². The number of aryl methyl sites for hydroxylation is 2. The van der Waals surface area contributed by atoms with Crippen LogP contribution in [-0.4, -0.2) is 59.7 Å². The Kier molecular flexibility index (Phi) is 7.66. The van der Waals surface area contributed by atoms with Crippen LogP contribution < -0.4 is 5.32 Å². The largest absolute Gasteiger partial charge is 0.341 e. The third-order valence-corrected chi connectivity index (χ3v) is 7.10. The summed E-state index contributed by atoms with van der Waals surface area (Å²) in [4.78, 5) is 43.3. The maximum Gasteiger partial charge on any atom is 0.253 e. The fraction of sp³-hybridized carbons (Fsp3) is 0.464. The molecule has 2 fully saturated rings. The number of carbonyl (C=O) groups is 3. The molecule has 4 rings (SSSR count). The molecule has 2 aromatic carbocycles. The highest BCUT2D eigenvalue weighted by molar-refractivity contribution is 5.98. The molecule has 2 saturated heterocycles. The molecule has 6 nitrogen and oxygen atoms in total. The van der Waals surface area contributed by atoms with Crippen molar-refractivity contribution >= 4 is 17.7 Å². The topological polar surface area (TPSA) is 69.7 Å². The first kappa shape index (κ1) is 24.0. The quantitative estimate of drug-likeness (QED) is 0.733. The van der Waals surface area contributed by atoms with E-state index in [2.05, 4.69) is 5.32 Å². The van der Waals surface area contributed by atoms with E-state index in [-0.39, 0.29) is 23.6 Å². The highest BCUT2D eigenvalue weighted by Gasteiger charge is 2.36. The summed E-state index contributed by atoms with van der Waals surface area (Å²) in [5.74, 6) is -0.160. The smallest absolute Gasteiger partial charge is 0.253 e. The maximum atomic E-state index is 13.5. The van der Waals surface area contributed by atoms with Gasteiger partial charge >= 0.3 is 0 Å². The SMILES string of the molecule is Cc1ccc(C(=O)N[C@H](C(=O)N2CCCCC2)C2CCN(C(=O)c3cccc(C)c3)CC2)cc1. The van der Waals surface area contributed by atoms with Gasteiger partial charge in [0.1, 0.15) is 6.04 Å². The van der Waals surface area contributed by atoms with Crippen molar-refractivity contribution in [3.05, 3.63) is 70.8 Å². The number of piperidine rings is 2. The number of carbonyl (C=O) groups excluding carboxylic acids is 3. The van der Waals surface area contributed by atoms with Gasteiger partial charge in [-0.25, -0.2) is 0 Å². The van der Waals surface area contributed by atoms with Gasteiger partial charge < -0.3 is 15.1 Å². The second-order valence-corrected chi connectivity index (χ2v) is 9.70. The molecule has 0 bridgehead atoms. The Morgan fingerprint density at radius 3 is 2.12 bits per heavy atom. The molecule has 6 heteroatoms. The van der Waals surface area contributed by atoms with Gasteiger partial charge in [-0.2, -0.15) is 0 Å². The molecule has 0 radical (unpaired) electrons. The Labute approximate surface area is 202 Å². The number of nitrogens with zero attached hydrogens (tertiary/aromatic N) is 2. The zero-order valence-corrected chi connectivity index (χ0v) is 20.3. The fourth-order valence-electron chi connectivity index (χ4n) is 5.02. The summed E-state index contributed by atoms with van der Waals surface area (Å²) < 4.78 is 0. The van der Waals surface area contributed by atoms with Crippen molar-refractivity contribution in [3.8, 4) is 0 Å². The predicted molar refractivity (Wildman–Crippen MR) is 133 cm³/mol. The lowest BCUT2D eigenvalue weighted by Crippen LogP contribution is -2.55. The van der Waals surface area contributed by atoms with E-state index in [0.717, 1.165) is 43.5 Å². The summed E-state index contributed by atoms with van der Waals surface area (Å²) >= 11 is 0. The molecule has 0 unspecified atom stereocenters. The molecule has 34 heavy (non-hydrogen) atoms. The predicted octanol–water partition coefficient (Wildman–Crippen LogP) is 3.97. The van der Waals surface area contributed by atoms with Crippen LogP contribution in [0.3, 0.4) is 0 Å². The molecule has 3 amide bonds. The van der Waals surface area contributed by atoms with E-state index in [1.807, 2.05) is 60.0 Å². The minimum absolute atomic E-state index is 0.00499. The van der Waals surface area contributed by atoms with E-state index in [0.29, 0.717) is 37.1 Å². The van der Waals surface area contributed by atoms with Gasteiger partial charge in [0.05, 0.1) is 0 Å². The second-order valence-electron chi connectivity index (χ2n) is 9.70. The number of rotatable bonds is 5. The van der Waals surface area contributed by atoms with Gasteiger partial charge in [0.2, 0.25) is 5.91 Å². The molecule has 0 saturated carbocycles. The zero-order chi connectivity index (χ0) is 24.1. The third kappa shape index (κ3) is 5.66. The van der Waals surface area contributed by atoms with Gasteiger partial charge in [0.25, 0.3) is 11.8 Å². The van der Waals surface area contributed by atoms with Crippen LogP contribution >= 0.6 is 0 Å². The minimum atomic E-state index is -0.567. The van der Waals surface area contributed by atoms with Crippen LogP contribution in [0.25, 0.3) is 0 Å². The molecule has 0 aromatic heterocycles. The summed E-state index contributed by atoms with van der Waals surface area (Å²) in [6, 6.07) is 14.5. The summed E-state index contributed by atoms with van der Waals surface area (Å²) in [7, 11) is 0. The van der Waals surface area contributed by atoms with Crippen molar-refractivity contribution in [2.75, 3.05) is 26.2 Å². The first-order chi connectivity index (χ1) is 16.4. The van der Waals surface area contributed by atoms with Crippen LogP contribution in [-0.2, 0) is 4.79 Å². The first-order valence-electron chi connectivity index (χ1n) is 12.4. The van der Waals surface area contributed by atoms with Crippen molar-refractivity contribution in [2.24, 2.45) is 5.92 Å². The monoisotopic (exact) mass is 461 g/mol. The molecule has 0 aliphatic carbocycles. The van der Waals surface area contributed by atoms with Crippen LogP contribution in [0.15, 0.2) is 48.5 Å². The maximum absolute atomic E-state index is 13.5. The molecule has 1 N–H and O–H groups in total. The Hall–Kier alpha value is -3.15. The Morgan fingerprint density at radius 2 is 1.47 bits per heavy atom. The third-order valence-electron chi connectivity index (χ3n) is 7.10. The highest BCUT2D eigenvalue weighted by atomic mass is 16.2. The summed E-state index contributed by atoms with van der Waals surface area (Å²) in [5.41, 5.74) is 3.41. The van der Waals surface area contributed by atoms with Crippen LogP contribution in [0.1, 0.15) is 63.9 Å². The van der Waals surface area contributed by atoms with Gasteiger partial charge in [-0.05, 0) is 76.1 Å². The van der Waals surface area contributed by atoms with Crippen molar-refractivity contribution in [1.29, 1.82) is 0 Å². The molecule has 0 spiro atoms. The van der Waals surface area contributed by atoms with E-state index in [9.17, 15) is 14.4 Å². The average molecular weight is 462 g/mol. The molecule has 180 valence electrons. The number of hydrogen-bond donors (Lipinski definition) is 1. The van der Waals surface area contributed by atoms with E-state index >= 15 is 0 Å². The number of likely N-dealkylation sites (tertiary alicyclic amines) is 2. The van der Waals surface area contributed by atoms with Crippen LogP contribution in [0, 0.1) is 19.8 Å². The number of hydrogen-bond acceptors (Lipinski definition) is 3. The van der Waals surface area contributed by atoms with Crippen LogP contribution in [0.2, 0.25) is 0 Å². The van der Waals surface area contributed by atoms with Crippen LogP contribution in [0.4, 0.5) is 0 Å². The summed E-state index contributed by atoms with van der Waals surface area (Å²) in [5, 5.41) is 3.07. The molecule has 2 aromatic rings. The van der Waals surface area contributed by atoms with E-state index in [4.69, 9.17) is 0 Å².